The molecule has 1 aliphatic rings. The third-order valence-corrected chi connectivity index (χ3v) is 4.14. The van der Waals surface area contributed by atoms with Gasteiger partial charge < -0.3 is 9.84 Å². The van der Waals surface area contributed by atoms with Crippen LogP contribution in [0.2, 0.25) is 5.02 Å². The van der Waals surface area contributed by atoms with Crippen molar-refractivity contribution in [2.75, 3.05) is 13.7 Å². The molecule has 18 heavy (non-hydrogen) atoms. The molecule has 1 atom stereocenters. The highest BCUT2D eigenvalue weighted by Crippen LogP contribution is 2.42. The average molecular weight is 273 g/mol. The van der Waals surface area contributed by atoms with Gasteiger partial charge in [-0.3, -0.25) is 4.68 Å². The van der Waals surface area contributed by atoms with Gasteiger partial charge in [-0.1, -0.05) is 18.5 Å². The fourth-order valence-electron chi connectivity index (χ4n) is 2.49. The molecule has 0 saturated heterocycles. The summed E-state index contributed by atoms with van der Waals surface area (Å²) in [5.41, 5.74) is 0.988. The number of hydrogen-bond donors (Lipinski definition) is 1. The molecular weight excluding hydrogens is 252 g/mol. The largest absolute Gasteiger partial charge is 0.387 e. The molecule has 0 aromatic carbocycles. The van der Waals surface area contributed by atoms with Gasteiger partial charge in [-0.05, 0) is 25.2 Å². The summed E-state index contributed by atoms with van der Waals surface area (Å²) in [6, 6.07) is 0. The first-order chi connectivity index (χ1) is 8.51. The van der Waals surface area contributed by atoms with Gasteiger partial charge in [0.1, 0.15) is 0 Å². The van der Waals surface area contributed by atoms with E-state index in [1.165, 1.54) is 0 Å². The molecule has 102 valence electrons. The smallest absolute Gasteiger partial charge is 0.0963 e. The maximum absolute atomic E-state index is 10.7. The summed E-state index contributed by atoms with van der Waals surface area (Å²) >= 11 is 6.33. The second kappa shape index (κ2) is 5.19. The lowest BCUT2D eigenvalue weighted by Crippen LogP contribution is -2.39. The van der Waals surface area contributed by atoms with Gasteiger partial charge in [-0.15, -0.1) is 0 Å². The molecule has 5 heteroatoms. The highest BCUT2D eigenvalue weighted by atomic mass is 35.5. The molecular formula is C13H21ClN2O2. The van der Waals surface area contributed by atoms with E-state index >= 15 is 0 Å². The second-order valence-electron chi connectivity index (χ2n) is 5.17. The Balaban J connectivity index is 2.23. The predicted octanol–water partition coefficient (Wildman–Crippen LogP) is 1.97. The molecule has 0 amide bonds. The summed E-state index contributed by atoms with van der Waals surface area (Å²) in [7, 11) is 3.50. The van der Waals surface area contributed by atoms with E-state index < -0.39 is 5.60 Å². The van der Waals surface area contributed by atoms with Crippen molar-refractivity contribution in [3.8, 4) is 0 Å². The first-order valence-electron chi connectivity index (χ1n) is 6.43. The van der Waals surface area contributed by atoms with Crippen LogP contribution in [0.15, 0.2) is 0 Å². The fourth-order valence-corrected chi connectivity index (χ4v) is 2.85. The minimum absolute atomic E-state index is 0.327. The Hall–Kier alpha value is -0.580. The van der Waals surface area contributed by atoms with Crippen LogP contribution in [0, 0.1) is 5.92 Å². The average Bonchev–Trinajstić information content (AvgIpc) is 3.13. The summed E-state index contributed by atoms with van der Waals surface area (Å²) in [4.78, 5) is 0. The van der Waals surface area contributed by atoms with Gasteiger partial charge >= 0.3 is 0 Å². The molecule has 1 heterocycles. The van der Waals surface area contributed by atoms with Crippen LogP contribution in [0.25, 0.3) is 0 Å². The van der Waals surface area contributed by atoms with Crippen LogP contribution in [0.4, 0.5) is 0 Å². The van der Waals surface area contributed by atoms with Crippen LogP contribution >= 0.6 is 11.6 Å². The molecule has 1 aromatic rings. The Bertz CT molecular complexity index is 429. The lowest BCUT2D eigenvalue weighted by molar-refractivity contribution is -0.0485. The van der Waals surface area contributed by atoms with Gasteiger partial charge in [0.15, 0.2) is 0 Å². The highest BCUT2D eigenvalue weighted by Gasteiger charge is 2.44. The molecule has 4 nitrogen and oxygen atoms in total. The molecule has 1 saturated carbocycles. The van der Waals surface area contributed by atoms with Crippen molar-refractivity contribution >= 4 is 11.6 Å². The Morgan fingerprint density at radius 2 is 2.22 bits per heavy atom. The zero-order valence-corrected chi connectivity index (χ0v) is 12.0. The van der Waals surface area contributed by atoms with E-state index in [4.69, 9.17) is 16.3 Å². The Labute approximate surface area is 113 Å². The van der Waals surface area contributed by atoms with Crippen molar-refractivity contribution in [3.63, 3.8) is 0 Å². The molecule has 1 aliphatic carbocycles. The summed E-state index contributed by atoms with van der Waals surface area (Å²) in [6.45, 7) is 2.38. The topological polar surface area (TPSA) is 47.3 Å². The van der Waals surface area contributed by atoms with E-state index in [1.54, 1.807) is 11.8 Å². The predicted molar refractivity (Wildman–Crippen MR) is 70.8 cm³/mol. The molecule has 1 unspecified atom stereocenters. The summed E-state index contributed by atoms with van der Waals surface area (Å²) < 4.78 is 6.95. The van der Waals surface area contributed by atoms with Crippen molar-refractivity contribution < 1.29 is 9.84 Å². The number of aryl methyl sites for hydroxylation is 2. The molecule has 0 bridgehead atoms. The summed E-state index contributed by atoms with van der Waals surface area (Å²) in [6.07, 6.45) is 3.44. The summed E-state index contributed by atoms with van der Waals surface area (Å²) in [5, 5.41) is 15.8. The van der Waals surface area contributed by atoms with Crippen LogP contribution in [-0.2, 0) is 24.6 Å². The van der Waals surface area contributed by atoms with Gasteiger partial charge in [0.2, 0.25) is 0 Å². The van der Waals surface area contributed by atoms with Gasteiger partial charge in [-0.25, -0.2) is 0 Å². The third-order valence-electron chi connectivity index (χ3n) is 3.71. The lowest BCUT2D eigenvalue weighted by atomic mass is 9.92. The number of ether oxygens (including phenoxy) is 1. The van der Waals surface area contributed by atoms with E-state index in [0.717, 1.165) is 30.7 Å². The number of rotatable bonds is 6. The molecule has 1 aromatic heterocycles. The molecule has 0 aliphatic heterocycles. The molecule has 1 N–H and O–H groups in total. The third kappa shape index (κ3) is 2.56. The first-order valence-corrected chi connectivity index (χ1v) is 6.81. The molecule has 0 radical (unpaired) electrons. The highest BCUT2D eigenvalue weighted by molar-refractivity contribution is 6.31. The monoisotopic (exact) mass is 272 g/mol. The molecule has 2 rings (SSSR count). The van der Waals surface area contributed by atoms with Crippen LogP contribution in [0.3, 0.4) is 0 Å². The van der Waals surface area contributed by atoms with Crippen LogP contribution in [0.1, 0.15) is 31.2 Å². The Kier molecular flexibility index (Phi) is 3.99. The zero-order valence-electron chi connectivity index (χ0n) is 11.2. The fraction of sp³-hybridized carbons (Fsp3) is 0.769. The van der Waals surface area contributed by atoms with Crippen LogP contribution in [0.5, 0.6) is 0 Å². The molecule has 1 fully saturated rings. The molecule has 0 spiro atoms. The van der Waals surface area contributed by atoms with Crippen LogP contribution in [-0.4, -0.2) is 34.2 Å². The number of methoxy groups -OCH3 is 1. The number of halogens is 1. The van der Waals surface area contributed by atoms with Gasteiger partial charge in [-0.2, -0.15) is 5.10 Å². The zero-order chi connectivity index (χ0) is 13.3. The van der Waals surface area contributed by atoms with Gasteiger partial charge in [0.25, 0.3) is 0 Å². The van der Waals surface area contributed by atoms with Crippen molar-refractivity contribution in [1.82, 2.24) is 9.78 Å². The minimum Gasteiger partial charge on any atom is -0.387 e. The normalized spacial score (nSPS) is 18.9. The summed E-state index contributed by atoms with van der Waals surface area (Å²) in [5.74, 6) is 0.327. The second-order valence-corrected chi connectivity index (χ2v) is 5.55. The Morgan fingerprint density at radius 3 is 2.67 bits per heavy atom. The number of aromatic nitrogens is 2. The van der Waals surface area contributed by atoms with E-state index in [1.807, 2.05) is 14.0 Å². The first kappa shape index (κ1) is 13.8. The maximum Gasteiger partial charge on any atom is 0.0963 e. The lowest BCUT2D eigenvalue weighted by Gasteiger charge is -2.27. The number of nitrogens with zero attached hydrogens (tertiary/aromatic N) is 2. The van der Waals surface area contributed by atoms with Crippen molar-refractivity contribution in [2.24, 2.45) is 13.0 Å². The van der Waals surface area contributed by atoms with Crippen molar-refractivity contribution in [2.45, 2.75) is 38.2 Å². The van der Waals surface area contributed by atoms with Crippen molar-refractivity contribution in [1.29, 1.82) is 0 Å². The van der Waals surface area contributed by atoms with Crippen LogP contribution < -0.4 is 0 Å². The van der Waals surface area contributed by atoms with E-state index in [0.29, 0.717) is 24.0 Å². The standard InChI is InChI=1S/C13H21ClN2O2/c1-4-10-12(14)11(16(2)15-10)7-13(17,8-18-3)9-5-6-9/h9,17H,4-8H2,1-3H3. The van der Waals surface area contributed by atoms with Crippen molar-refractivity contribution in [3.05, 3.63) is 16.4 Å². The SMILES string of the molecule is CCc1nn(C)c(CC(O)(COC)C2CC2)c1Cl. The van der Waals surface area contributed by atoms with E-state index in [-0.39, 0.29) is 0 Å². The van der Waals surface area contributed by atoms with Gasteiger partial charge in [0.05, 0.1) is 28.6 Å². The number of aliphatic hydroxyl groups is 1. The van der Waals surface area contributed by atoms with E-state index in [2.05, 4.69) is 5.10 Å². The Morgan fingerprint density at radius 1 is 1.56 bits per heavy atom. The van der Waals surface area contributed by atoms with Gasteiger partial charge in [0, 0.05) is 20.6 Å². The maximum atomic E-state index is 10.7. The quantitative estimate of drug-likeness (QED) is 0.861. The number of hydrogen-bond acceptors (Lipinski definition) is 3. The minimum atomic E-state index is -0.808. The van der Waals surface area contributed by atoms with E-state index in [9.17, 15) is 5.11 Å².